The lowest BCUT2D eigenvalue weighted by atomic mass is 10.2. The molecule has 0 amide bonds. The van der Waals surface area contributed by atoms with Gasteiger partial charge in [-0.3, -0.25) is 0 Å². The van der Waals surface area contributed by atoms with Gasteiger partial charge in [-0.1, -0.05) is 6.08 Å². The Hall–Kier alpha value is -0.960. The molecule has 0 radical (unpaired) electrons. The summed E-state index contributed by atoms with van der Waals surface area (Å²) < 4.78 is 10.1. The smallest absolute Gasteiger partial charge is 0.159 e. The van der Waals surface area contributed by atoms with Gasteiger partial charge >= 0.3 is 0 Å². The summed E-state index contributed by atoms with van der Waals surface area (Å²) in [5.41, 5.74) is 0. The predicted octanol–water partition coefficient (Wildman–Crippen LogP) is 0.812. The summed E-state index contributed by atoms with van der Waals surface area (Å²) in [5, 5.41) is 9.33. The van der Waals surface area contributed by atoms with Gasteiger partial charge in [0.1, 0.15) is 25.6 Å². The number of aliphatic hydroxyl groups excluding tert-OH is 1. The van der Waals surface area contributed by atoms with Gasteiger partial charge in [0.2, 0.25) is 0 Å². The van der Waals surface area contributed by atoms with Crippen LogP contribution in [-0.2, 0) is 9.47 Å². The third-order valence-electron chi connectivity index (χ3n) is 1.39. The molecule has 1 heterocycles. The fourth-order valence-corrected chi connectivity index (χ4v) is 0.831. The highest BCUT2D eigenvalue weighted by molar-refractivity contribution is 4.99. The van der Waals surface area contributed by atoms with Crippen LogP contribution in [-0.4, -0.2) is 24.4 Å². The fraction of sp³-hybridized carbons (Fsp3) is 0.500. The minimum absolute atomic E-state index is 0.495. The minimum atomic E-state index is -0.604. The Kier molecular flexibility index (Phi) is 2.98. The molecule has 1 rings (SSSR count). The van der Waals surface area contributed by atoms with Crippen molar-refractivity contribution in [1.82, 2.24) is 0 Å². The van der Waals surface area contributed by atoms with Crippen LogP contribution in [0.5, 0.6) is 0 Å². The Labute approximate surface area is 65.9 Å². The number of rotatable bonds is 3. The molecule has 3 nitrogen and oxygen atoms in total. The van der Waals surface area contributed by atoms with Gasteiger partial charge in [-0.2, -0.15) is 0 Å². The quantitative estimate of drug-likeness (QED) is 0.614. The summed E-state index contributed by atoms with van der Waals surface area (Å²) in [5.74, 6) is 0.496. The van der Waals surface area contributed by atoms with E-state index in [1.165, 1.54) is 6.26 Å². The highest BCUT2D eigenvalue weighted by Crippen LogP contribution is 2.11. The Morgan fingerprint density at radius 3 is 3.09 bits per heavy atom. The van der Waals surface area contributed by atoms with Gasteiger partial charge < -0.3 is 14.6 Å². The van der Waals surface area contributed by atoms with Crippen molar-refractivity contribution < 1.29 is 14.6 Å². The molecule has 1 atom stereocenters. The summed E-state index contributed by atoms with van der Waals surface area (Å²) in [7, 11) is 0. The second kappa shape index (κ2) is 4.03. The van der Waals surface area contributed by atoms with Crippen molar-refractivity contribution in [2.24, 2.45) is 0 Å². The van der Waals surface area contributed by atoms with Crippen LogP contribution in [0.4, 0.5) is 0 Å². The van der Waals surface area contributed by atoms with E-state index in [1.54, 1.807) is 6.08 Å². The Morgan fingerprint density at radius 1 is 1.73 bits per heavy atom. The average Bonchev–Trinajstić information content (AvgIpc) is 2.07. The van der Waals surface area contributed by atoms with E-state index in [4.69, 9.17) is 9.47 Å². The van der Waals surface area contributed by atoms with Crippen molar-refractivity contribution in [1.29, 1.82) is 0 Å². The van der Waals surface area contributed by atoms with Gasteiger partial charge in [0.25, 0.3) is 0 Å². The Bertz CT molecular complexity index is 163. The maximum atomic E-state index is 9.33. The van der Waals surface area contributed by atoms with Crippen molar-refractivity contribution in [3.63, 3.8) is 0 Å². The zero-order valence-electron chi connectivity index (χ0n) is 6.32. The molecule has 0 bridgehead atoms. The molecule has 11 heavy (non-hydrogen) atoms. The second-order valence-corrected chi connectivity index (χ2v) is 2.28. The maximum Gasteiger partial charge on any atom is 0.159 e. The number of aliphatic hydroxyl groups is 1. The number of hydrogen-bond donors (Lipinski definition) is 1. The van der Waals surface area contributed by atoms with Crippen LogP contribution in [0.15, 0.2) is 24.7 Å². The van der Waals surface area contributed by atoms with Crippen molar-refractivity contribution in [2.75, 3.05) is 13.2 Å². The summed E-state index contributed by atoms with van der Waals surface area (Å²) in [4.78, 5) is 0. The molecule has 62 valence electrons. The number of ether oxygens (including phenoxy) is 2. The minimum Gasteiger partial charge on any atom is -0.494 e. The number of hydrogen-bond acceptors (Lipinski definition) is 3. The van der Waals surface area contributed by atoms with E-state index in [0.29, 0.717) is 25.4 Å². The molecule has 0 fully saturated rings. The van der Waals surface area contributed by atoms with Crippen LogP contribution in [0.3, 0.4) is 0 Å². The van der Waals surface area contributed by atoms with Crippen LogP contribution in [0.25, 0.3) is 0 Å². The van der Waals surface area contributed by atoms with Crippen molar-refractivity contribution in [2.45, 2.75) is 12.5 Å². The summed E-state index contributed by atoms with van der Waals surface area (Å²) >= 11 is 0. The highest BCUT2D eigenvalue weighted by Gasteiger charge is 2.13. The lowest BCUT2D eigenvalue weighted by Gasteiger charge is -2.18. The molecular formula is C8H12O3. The van der Waals surface area contributed by atoms with Gasteiger partial charge in [-0.15, -0.1) is 6.58 Å². The molecule has 1 aliphatic heterocycles. The van der Waals surface area contributed by atoms with Crippen LogP contribution in [0.2, 0.25) is 0 Å². The SMILES string of the molecule is C=CC[C@H](O)C1=COCCO1. The van der Waals surface area contributed by atoms with Crippen LogP contribution in [0.1, 0.15) is 6.42 Å². The summed E-state index contributed by atoms with van der Waals surface area (Å²) in [6.07, 6.45) is 2.99. The van der Waals surface area contributed by atoms with E-state index >= 15 is 0 Å². The molecule has 0 spiro atoms. The molecule has 0 aromatic heterocycles. The van der Waals surface area contributed by atoms with Crippen molar-refractivity contribution >= 4 is 0 Å². The van der Waals surface area contributed by atoms with E-state index in [1.807, 2.05) is 0 Å². The third-order valence-corrected chi connectivity index (χ3v) is 1.39. The largest absolute Gasteiger partial charge is 0.494 e. The standard InChI is InChI=1S/C8H12O3/c1-2-3-7(9)8-6-10-4-5-11-8/h2,6-7,9H,1,3-5H2/t7-/m0/s1. The van der Waals surface area contributed by atoms with Crippen LogP contribution >= 0.6 is 0 Å². The first-order valence-corrected chi connectivity index (χ1v) is 3.58. The van der Waals surface area contributed by atoms with Gasteiger partial charge in [0, 0.05) is 0 Å². The molecule has 0 aromatic rings. The molecule has 3 heteroatoms. The van der Waals surface area contributed by atoms with Gasteiger partial charge in [0.05, 0.1) is 0 Å². The molecule has 0 saturated carbocycles. The van der Waals surface area contributed by atoms with Gasteiger partial charge in [-0.25, -0.2) is 0 Å². The van der Waals surface area contributed by atoms with Crippen LogP contribution < -0.4 is 0 Å². The summed E-state index contributed by atoms with van der Waals surface area (Å²) in [6.45, 7) is 4.59. The van der Waals surface area contributed by atoms with E-state index < -0.39 is 6.10 Å². The molecule has 1 aliphatic rings. The van der Waals surface area contributed by atoms with E-state index in [-0.39, 0.29) is 0 Å². The van der Waals surface area contributed by atoms with Gasteiger partial charge in [-0.05, 0) is 6.42 Å². The van der Waals surface area contributed by atoms with Crippen molar-refractivity contribution in [3.8, 4) is 0 Å². The first-order chi connectivity index (χ1) is 5.34. The Morgan fingerprint density at radius 2 is 2.55 bits per heavy atom. The molecular weight excluding hydrogens is 144 g/mol. The zero-order chi connectivity index (χ0) is 8.10. The molecule has 0 aromatic carbocycles. The molecule has 0 aliphatic carbocycles. The molecule has 1 N–H and O–H groups in total. The van der Waals surface area contributed by atoms with Gasteiger partial charge in [0.15, 0.2) is 5.76 Å². The normalized spacial score (nSPS) is 19.2. The highest BCUT2D eigenvalue weighted by atomic mass is 16.6. The molecule has 0 unspecified atom stereocenters. The first kappa shape index (κ1) is 8.14. The van der Waals surface area contributed by atoms with E-state index in [9.17, 15) is 5.11 Å². The maximum absolute atomic E-state index is 9.33. The fourth-order valence-electron chi connectivity index (χ4n) is 0.831. The van der Waals surface area contributed by atoms with E-state index in [2.05, 4.69) is 6.58 Å². The predicted molar refractivity (Wildman–Crippen MR) is 40.8 cm³/mol. The van der Waals surface area contributed by atoms with E-state index in [0.717, 1.165) is 0 Å². The lowest BCUT2D eigenvalue weighted by Crippen LogP contribution is -2.18. The third kappa shape index (κ3) is 2.27. The summed E-state index contributed by atoms with van der Waals surface area (Å²) in [6, 6.07) is 0. The Balaban J connectivity index is 2.43. The zero-order valence-corrected chi connectivity index (χ0v) is 6.32. The first-order valence-electron chi connectivity index (χ1n) is 3.58. The topological polar surface area (TPSA) is 38.7 Å². The van der Waals surface area contributed by atoms with Crippen molar-refractivity contribution in [3.05, 3.63) is 24.7 Å². The molecule has 0 saturated heterocycles. The average molecular weight is 156 g/mol. The second-order valence-electron chi connectivity index (χ2n) is 2.28. The monoisotopic (exact) mass is 156 g/mol. The van der Waals surface area contributed by atoms with Crippen LogP contribution in [0, 0.1) is 0 Å². The lowest BCUT2D eigenvalue weighted by molar-refractivity contribution is 0.0363.